The summed E-state index contributed by atoms with van der Waals surface area (Å²) in [7, 11) is 0. The molecule has 1 atom stereocenters. The van der Waals surface area contributed by atoms with Crippen LogP contribution in [-0.2, 0) is 12.8 Å². The van der Waals surface area contributed by atoms with Crippen LogP contribution in [0.3, 0.4) is 0 Å². The molecule has 1 aliphatic heterocycles. The van der Waals surface area contributed by atoms with Gasteiger partial charge in [0, 0.05) is 24.7 Å². The molecule has 26 heavy (non-hydrogen) atoms. The summed E-state index contributed by atoms with van der Waals surface area (Å²) < 4.78 is 5.22. The van der Waals surface area contributed by atoms with Crippen molar-refractivity contribution < 1.29 is 9.32 Å². The van der Waals surface area contributed by atoms with E-state index in [-0.39, 0.29) is 17.9 Å². The average molecular weight is 353 g/mol. The fraction of sp³-hybridized carbons (Fsp3) is 0.524. The number of aromatic nitrogens is 1. The summed E-state index contributed by atoms with van der Waals surface area (Å²) in [6, 6.07) is 11.2. The first-order chi connectivity index (χ1) is 12.6. The van der Waals surface area contributed by atoms with Crippen LogP contribution in [0.4, 0.5) is 0 Å². The molecule has 1 aliphatic carbocycles. The molecule has 0 radical (unpaired) electrons. The molecule has 5 heteroatoms. The van der Waals surface area contributed by atoms with E-state index >= 15 is 0 Å². The number of hydrogen-bond donors (Lipinski definition) is 1. The number of likely N-dealkylation sites (tertiary alicyclic amines) is 1. The molecule has 2 aromatic rings. The Morgan fingerprint density at radius 1 is 1.27 bits per heavy atom. The first kappa shape index (κ1) is 17.3. The maximum Gasteiger partial charge on any atom is 0.290 e. The number of piperidine rings is 1. The number of benzene rings is 1. The summed E-state index contributed by atoms with van der Waals surface area (Å²) >= 11 is 0. The van der Waals surface area contributed by atoms with Crippen molar-refractivity contribution in [2.75, 3.05) is 13.1 Å². The standard InChI is InChI=1S/C21H27N3O2/c1-14(2)19-12-20(26-23-19)21(25)22-17-8-5-9-24(13-17)18-10-15-6-3-4-7-16(15)11-18/h3-4,6-7,12,14,17-18H,5,8-11,13H2,1-2H3,(H,22,25). The third-order valence-electron chi connectivity index (χ3n) is 5.68. The van der Waals surface area contributed by atoms with Crippen LogP contribution in [-0.4, -0.2) is 41.1 Å². The van der Waals surface area contributed by atoms with Gasteiger partial charge in [-0.25, -0.2) is 0 Å². The number of rotatable bonds is 4. The van der Waals surface area contributed by atoms with Crippen LogP contribution in [0.1, 0.15) is 60.0 Å². The van der Waals surface area contributed by atoms with Gasteiger partial charge in [-0.2, -0.15) is 0 Å². The van der Waals surface area contributed by atoms with Crippen LogP contribution in [0, 0.1) is 0 Å². The third-order valence-corrected chi connectivity index (χ3v) is 5.68. The molecular formula is C21H27N3O2. The van der Waals surface area contributed by atoms with E-state index in [1.54, 1.807) is 6.07 Å². The van der Waals surface area contributed by atoms with Gasteiger partial charge in [0.05, 0.1) is 5.69 Å². The van der Waals surface area contributed by atoms with E-state index in [0.717, 1.165) is 44.5 Å². The number of nitrogens with one attached hydrogen (secondary N) is 1. The highest BCUT2D eigenvalue weighted by molar-refractivity contribution is 5.91. The summed E-state index contributed by atoms with van der Waals surface area (Å²) in [6.07, 6.45) is 4.38. The van der Waals surface area contributed by atoms with Crippen LogP contribution in [0.25, 0.3) is 0 Å². The van der Waals surface area contributed by atoms with Crippen molar-refractivity contribution in [3.63, 3.8) is 0 Å². The first-order valence-electron chi connectivity index (χ1n) is 9.68. The quantitative estimate of drug-likeness (QED) is 0.917. The van der Waals surface area contributed by atoms with Crippen LogP contribution < -0.4 is 5.32 Å². The van der Waals surface area contributed by atoms with Crippen molar-refractivity contribution in [2.45, 2.75) is 57.5 Å². The fourth-order valence-electron chi connectivity index (χ4n) is 4.17. The molecule has 1 saturated heterocycles. The lowest BCUT2D eigenvalue weighted by Gasteiger charge is -2.36. The van der Waals surface area contributed by atoms with E-state index in [0.29, 0.717) is 11.8 Å². The maximum absolute atomic E-state index is 12.5. The second kappa shape index (κ2) is 7.23. The van der Waals surface area contributed by atoms with E-state index in [2.05, 4.69) is 39.6 Å². The Morgan fingerprint density at radius 2 is 2.00 bits per heavy atom. The summed E-state index contributed by atoms with van der Waals surface area (Å²) in [5, 5.41) is 7.13. The Kier molecular flexibility index (Phi) is 4.81. The Labute approximate surface area is 154 Å². The smallest absolute Gasteiger partial charge is 0.290 e. The predicted octanol–water partition coefficient (Wildman–Crippen LogP) is 3.16. The molecule has 2 heterocycles. The van der Waals surface area contributed by atoms with Gasteiger partial charge in [0.15, 0.2) is 0 Å². The molecule has 2 aliphatic rings. The number of carbonyl (C=O) groups excluding carboxylic acids is 1. The minimum Gasteiger partial charge on any atom is -0.351 e. The van der Waals surface area contributed by atoms with Crippen molar-refractivity contribution in [3.05, 3.63) is 52.9 Å². The summed E-state index contributed by atoms with van der Waals surface area (Å²) in [5.74, 6) is 0.430. The zero-order chi connectivity index (χ0) is 18.1. The second-order valence-electron chi connectivity index (χ2n) is 7.91. The monoisotopic (exact) mass is 353 g/mol. The maximum atomic E-state index is 12.5. The number of amides is 1. The van der Waals surface area contributed by atoms with Crippen LogP contribution >= 0.6 is 0 Å². The normalized spacial score (nSPS) is 21.1. The number of carbonyl (C=O) groups is 1. The Balaban J connectivity index is 1.36. The van der Waals surface area contributed by atoms with Crippen LogP contribution in [0.15, 0.2) is 34.9 Å². The van der Waals surface area contributed by atoms with Gasteiger partial charge >= 0.3 is 0 Å². The molecule has 0 spiro atoms. The van der Waals surface area contributed by atoms with Gasteiger partial charge < -0.3 is 9.84 Å². The van der Waals surface area contributed by atoms with E-state index in [1.165, 1.54) is 11.1 Å². The molecule has 0 saturated carbocycles. The van der Waals surface area contributed by atoms with Gasteiger partial charge in [0.2, 0.25) is 5.76 Å². The molecule has 1 aromatic heterocycles. The Bertz CT molecular complexity index is 758. The van der Waals surface area contributed by atoms with E-state index in [9.17, 15) is 4.79 Å². The summed E-state index contributed by atoms with van der Waals surface area (Å²) in [6.45, 7) is 6.11. The molecular weight excluding hydrogens is 326 g/mol. The summed E-state index contributed by atoms with van der Waals surface area (Å²) in [4.78, 5) is 15.0. The highest BCUT2D eigenvalue weighted by Gasteiger charge is 2.31. The van der Waals surface area contributed by atoms with Crippen molar-refractivity contribution in [1.82, 2.24) is 15.4 Å². The number of fused-ring (bicyclic) bond motifs is 1. The average Bonchev–Trinajstić information content (AvgIpc) is 3.29. The first-order valence-corrected chi connectivity index (χ1v) is 9.68. The van der Waals surface area contributed by atoms with Gasteiger partial charge in [-0.15, -0.1) is 0 Å². The van der Waals surface area contributed by atoms with Crippen molar-refractivity contribution >= 4 is 5.91 Å². The lowest BCUT2D eigenvalue weighted by molar-refractivity contribution is 0.0841. The molecule has 1 fully saturated rings. The van der Waals surface area contributed by atoms with Crippen molar-refractivity contribution in [1.29, 1.82) is 0 Å². The molecule has 138 valence electrons. The minimum atomic E-state index is -0.147. The van der Waals surface area contributed by atoms with Crippen molar-refractivity contribution in [3.8, 4) is 0 Å². The molecule has 1 amide bonds. The highest BCUT2D eigenvalue weighted by atomic mass is 16.5. The van der Waals surface area contributed by atoms with Gasteiger partial charge in [-0.3, -0.25) is 9.69 Å². The molecule has 1 unspecified atom stereocenters. The molecule has 1 N–H and O–H groups in total. The lowest BCUT2D eigenvalue weighted by atomic mass is 10.0. The molecule has 4 rings (SSSR count). The summed E-state index contributed by atoms with van der Waals surface area (Å²) in [5.41, 5.74) is 3.78. The third kappa shape index (κ3) is 3.54. The molecule has 1 aromatic carbocycles. The second-order valence-corrected chi connectivity index (χ2v) is 7.91. The van der Waals surface area contributed by atoms with E-state index in [4.69, 9.17) is 4.52 Å². The van der Waals surface area contributed by atoms with Gasteiger partial charge in [0.25, 0.3) is 5.91 Å². The van der Waals surface area contributed by atoms with Gasteiger partial charge in [-0.1, -0.05) is 43.3 Å². The van der Waals surface area contributed by atoms with Crippen molar-refractivity contribution in [2.24, 2.45) is 0 Å². The topological polar surface area (TPSA) is 58.4 Å². The van der Waals surface area contributed by atoms with Crippen LogP contribution in [0.5, 0.6) is 0 Å². The minimum absolute atomic E-state index is 0.147. The fourth-order valence-corrected chi connectivity index (χ4v) is 4.17. The highest BCUT2D eigenvalue weighted by Crippen LogP contribution is 2.27. The van der Waals surface area contributed by atoms with Crippen LogP contribution in [0.2, 0.25) is 0 Å². The molecule has 0 bridgehead atoms. The molecule has 5 nitrogen and oxygen atoms in total. The van der Waals surface area contributed by atoms with Gasteiger partial charge in [-0.05, 0) is 49.3 Å². The Hall–Kier alpha value is -2.14. The predicted molar refractivity (Wildman–Crippen MR) is 100 cm³/mol. The Morgan fingerprint density at radius 3 is 2.65 bits per heavy atom. The number of nitrogens with zero attached hydrogens (tertiary/aromatic N) is 2. The zero-order valence-corrected chi connectivity index (χ0v) is 15.6. The SMILES string of the molecule is CC(C)c1cc(C(=O)NC2CCCN(C3Cc4ccccc4C3)C2)on1. The van der Waals surface area contributed by atoms with E-state index in [1.807, 2.05) is 13.8 Å². The number of hydrogen-bond acceptors (Lipinski definition) is 4. The largest absolute Gasteiger partial charge is 0.351 e. The lowest BCUT2D eigenvalue weighted by Crippen LogP contribution is -2.51. The van der Waals surface area contributed by atoms with Gasteiger partial charge in [0.1, 0.15) is 0 Å². The zero-order valence-electron chi connectivity index (χ0n) is 15.6. The van der Waals surface area contributed by atoms with E-state index < -0.39 is 0 Å².